The lowest BCUT2D eigenvalue weighted by molar-refractivity contribution is 0.0660. The molecule has 0 aliphatic carbocycles. The molecular weight excluding hydrogens is 358 g/mol. The van der Waals surface area contributed by atoms with Crippen LogP contribution in [-0.2, 0) is 6.54 Å². The van der Waals surface area contributed by atoms with E-state index in [2.05, 4.69) is 22.2 Å². The van der Waals surface area contributed by atoms with Gasteiger partial charge in [-0.05, 0) is 44.2 Å². The summed E-state index contributed by atoms with van der Waals surface area (Å²) >= 11 is 0. The van der Waals surface area contributed by atoms with Crippen molar-refractivity contribution in [1.29, 1.82) is 0 Å². The van der Waals surface area contributed by atoms with Crippen molar-refractivity contribution in [1.82, 2.24) is 24.9 Å². The van der Waals surface area contributed by atoms with E-state index in [1.165, 1.54) is 11.8 Å². The summed E-state index contributed by atoms with van der Waals surface area (Å²) in [5.74, 6) is -0.843. The van der Waals surface area contributed by atoms with Crippen LogP contribution in [0.25, 0.3) is 10.9 Å². The number of likely N-dealkylation sites (tertiary alicyclic amines) is 1. The topological polar surface area (TPSA) is 104 Å². The lowest BCUT2D eigenvalue weighted by atomic mass is 9.97. The van der Waals surface area contributed by atoms with Gasteiger partial charge >= 0.3 is 5.97 Å². The van der Waals surface area contributed by atoms with E-state index in [0.717, 1.165) is 36.0 Å². The van der Waals surface area contributed by atoms with Crippen molar-refractivity contribution in [2.24, 2.45) is 5.92 Å². The summed E-state index contributed by atoms with van der Waals surface area (Å²) in [4.78, 5) is 29.4. The summed E-state index contributed by atoms with van der Waals surface area (Å²) in [6, 6.07) is 5.84. The van der Waals surface area contributed by atoms with Gasteiger partial charge in [0.1, 0.15) is 0 Å². The molecule has 1 saturated heterocycles. The number of amides is 1. The van der Waals surface area contributed by atoms with Crippen LogP contribution in [0, 0.1) is 19.8 Å². The normalized spacial score (nSPS) is 17.2. The first-order valence-electron chi connectivity index (χ1n) is 9.44. The average Bonchev–Trinajstić information content (AvgIpc) is 3.26. The van der Waals surface area contributed by atoms with Gasteiger partial charge in [0, 0.05) is 30.7 Å². The van der Waals surface area contributed by atoms with Gasteiger partial charge in [-0.1, -0.05) is 17.3 Å². The number of fused-ring (bicyclic) bond motifs is 1. The maximum absolute atomic E-state index is 13.2. The van der Waals surface area contributed by atoms with E-state index in [9.17, 15) is 9.59 Å². The third-order valence-corrected chi connectivity index (χ3v) is 5.58. The number of H-pyrrole nitrogens is 1. The van der Waals surface area contributed by atoms with E-state index in [1.54, 1.807) is 4.68 Å². The molecule has 0 saturated carbocycles. The zero-order valence-corrected chi connectivity index (χ0v) is 16.0. The molecular formula is C20H23N5O3. The number of carbonyl (C=O) groups excluding carboxylic acids is 1. The predicted molar refractivity (Wildman–Crippen MR) is 103 cm³/mol. The zero-order chi connectivity index (χ0) is 19.8. The van der Waals surface area contributed by atoms with E-state index in [-0.39, 0.29) is 17.5 Å². The number of aromatic amines is 1. The summed E-state index contributed by atoms with van der Waals surface area (Å²) in [5.41, 5.74) is 3.77. The molecule has 0 bridgehead atoms. The van der Waals surface area contributed by atoms with Gasteiger partial charge in [-0.3, -0.25) is 9.48 Å². The van der Waals surface area contributed by atoms with Crippen molar-refractivity contribution >= 4 is 22.8 Å². The second-order valence-corrected chi connectivity index (χ2v) is 7.49. The summed E-state index contributed by atoms with van der Waals surface area (Å²) in [6.07, 6.45) is 3.32. The largest absolute Gasteiger partial charge is 0.476 e. The van der Waals surface area contributed by atoms with Crippen LogP contribution < -0.4 is 0 Å². The molecule has 1 fully saturated rings. The van der Waals surface area contributed by atoms with Gasteiger partial charge in [0.15, 0.2) is 5.69 Å². The quantitative estimate of drug-likeness (QED) is 0.723. The number of benzene rings is 1. The van der Waals surface area contributed by atoms with Crippen molar-refractivity contribution in [3.63, 3.8) is 0 Å². The lowest BCUT2D eigenvalue weighted by Gasteiger charge is -2.32. The van der Waals surface area contributed by atoms with Crippen molar-refractivity contribution in [3.8, 4) is 0 Å². The minimum atomic E-state index is -1.09. The number of aromatic nitrogens is 4. The molecule has 1 aliphatic heterocycles. The van der Waals surface area contributed by atoms with Crippen LogP contribution >= 0.6 is 0 Å². The van der Waals surface area contributed by atoms with Crippen molar-refractivity contribution in [3.05, 3.63) is 46.9 Å². The summed E-state index contributed by atoms with van der Waals surface area (Å²) in [5, 5.41) is 17.6. The number of para-hydroxylation sites is 1. The third-order valence-electron chi connectivity index (χ3n) is 5.58. The van der Waals surface area contributed by atoms with Crippen LogP contribution in [0.2, 0.25) is 0 Å². The molecule has 1 unspecified atom stereocenters. The summed E-state index contributed by atoms with van der Waals surface area (Å²) < 4.78 is 1.56. The van der Waals surface area contributed by atoms with E-state index < -0.39 is 5.97 Å². The van der Waals surface area contributed by atoms with Gasteiger partial charge in [-0.2, -0.15) is 0 Å². The van der Waals surface area contributed by atoms with Crippen LogP contribution in [-0.4, -0.2) is 55.0 Å². The molecule has 8 nitrogen and oxygen atoms in total. The van der Waals surface area contributed by atoms with Gasteiger partial charge < -0.3 is 15.0 Å². The number of aryl methyl sites for hydroxylation is 2. The Balaban J connectivity index is 1.52. The Morgan fingerprint density at radius 1 is 1.32 bits per heavy atom. The molecule has 4 rings (SSSR count). The maximum Gasteiger partial charge on any atom is 0.358 e. The molecule has 146 valence electrons. The van der Waals surface area contributed by atoms with Gasteiger partial charge in [0.25, 0.3) is 5.91 Å². The third kappa shape index (κ3) is 3.26. The number of nitrogens with zero attached hydrogens (tertiary/aromatic N) is 4. The highest BCUT2D eigenvalue weighted by Gasteiger charge is 2.27. The minimum Gasteiger partial charge on any atom is -0.476 e. The van der Waals surface area contributed by atoms with Crippen LogP contribution in [0.5, 0.6) is 0 Å². The Kier molecular flexibility index (Phi) is 4.62. The fraction of sp³-hybridized carbons (Fsp3) is 0.400. The standard InChI is InChI=1S/C20H23N5O3/c1-12-13(2)21-18-15(12)6-3-7-16(18)19(26)24-8-4-5-14(9-24)10-25-11-17(20(27)28)22-23-25/h3,6-7,11,14,21H,4-5,8-10H2,1-2H3,(H,27,28). The molecule has 28 heavy (non-hydrogen) atoms. The fourth-order valence-electron chi connectivity index (χ4n) is 3.98. The van der Waals surface area contributed by atoms with Gasteiger partial charge in [0.2, 0.25) is 0 Å². The van der Waals surface area contributed by atoms with E-state index >= 15 is 0 Å². The maximum atomic E-state index is 13.2. The van der Waals surface area contributed by atoms with Crippen LogP contribution in [0.4, 0.5) is 0 Å². The predicted octanol–water partition coefficient (Wildman–Crippen LogP) is 2.63. The fourth-order valence-corrected chi connectivity index (χ4v) is 3.98. The first-order valence-corrected chi connectivity index (χ1v) is 9.44. The van der Waals surface area contributed by atoms with E-state index in [4.69, 9.17) is 5.11 Å². The number of piperidine rings is 1. The molecule has 0 radical (unpaired) electrons. The van der Waals surface area contributed by atoms with Crippen LogP contribution in [0.1, 0.15) is 44.9 Å². The summed E-state index contributed by atoms with van der Waals surface area (Å²) in [7, 11) is 0. The molecule has 1 atom stereocenters. The molecule has 2 N–H and O–H groups in total. The Bertz CT molecular complexity index is 1050. The van der Waals surface area contributed by atoms with E-state index in [0.29, 0.717) is 18.7 Å². The molecule has 0 spiro atoms. The molecule has 3 aromatic rings. The number of rotatable bonds is 4. The van der Waals surface area contributed by atoms with Gasteiger partial charge in [-0.15, -0.1) is 5.10 Å². The van der Waals surface area contributed by atoms with Crippen LogP contribution in [0.15, 0.2) is 24.4 Å². The Morgan fingerprint density at radius 3 is 2.89 bits per heavy atom. The number of carbonyl (C=O) groups is 2. The Labute approximate surface area is 162 Å². The zero-order valence-electron chi connectivity index (χ0n) is 16.0. The van der Waals surface area contributed by atoms with Crippen LogP contribution in [0.3, 0.4) is 0 Å². The SMILES string of the molecule is Cc1[nH]c2c(C(=O)N3CCCC(Cn4cc(C(=O)O)nn4)C3)cccc2c1C. The lowest BCUT2D eigenvalue weighted by Crippen LogP contribution is -2.41. The Hall–Kier alpha value is -3.16. The Morgan fingerprint density at radius 2 is 2.14 bits per heavy atom. The smallest absolute Gasteiger partial charge is 0.358 e. The molecule has 2 aromatic heterocycles. The second-order valence-electron chi connectivity index (χ2n) is 7.49. The molecule has 1 aliphatic rings. The van der Waals surface area contributed by atoms with Gasteiger partial charge in [-0.25, -0.2) is 4.79 Å². The highest BCUT2D eigenvalue weighted by atomic mass is 16.4. The number of carboxylic acid groups (broad SMARTS) is 1. The molecule has 3 heterocycles. The molecule has 1 amide bonds. The number of carboxylic acids is 1. The molecule has 1 aromatic carbocycles. The highest BCUT2D eigenvalue weighted by molar-refractivity contribution is 6.06. The second kappa shape index (κ2) is 7.10. The first kappa shape index (κ1) is 18.2. The highest BCUT2D eigenvalue weighted by Crippen LogP contribution is 2.27. The first-order chi connectivity index (χ1) is 13.4. The van der Waals surface area contributed by atoms with E-state index in [1.807, 2.05) is 30.0 Å². The van der Waals surface area contributed by atoms with Crippen molar-refractivity contribution < 1.29 is 14.7 Å². The number of nitrogens with one attached hydrogen (secondary N) is 1. The minimum absolute atomic E-state index is 0.0290. The average molecular weight is 381 g/mol. The monoisotopic (exact) mass is 381 g/mol. The summed E-state index contributed by atoms with van der Waals surface area (Å²) in [6.45, 7) is 5.97. The van der Waals surface area contributed by atoms with Crippen molar-refractivity contribution in [2.45, 2.75) is 33.2 Å². The number of hydrogen-bond acceptors (Lipinski definition) is 4. The van der Waals surface area contributed by atoms with Gasteiger partial charge in [0.05, 0.1) is 17.3 Å². The van der Waals surface area contributed by atoms with Crippen molar-refractivity contribution in [2.75, 3.05) is 13.1 Å². The number of hydrogen-bond donors (Lipinski definition) is 2. The molecule has 8 heteroatoms. The number of aromatic carboxylic acids is 1.